The minimum Gasteiger partial charge on any atom is -0.494 e. The molecule has 2 aliphatic rings. The van der Waals surface area contributed by atoms with Crippen molar-refractivity contribution in [2.45, 2.75) is 51.6 Å². The van der Waals surface area contributed by atoms with Crippen LogP contribution in [0.2, 0.25) is 0 Å². The van der Waals surface area contributed by atoms with Gasteiger partial charge in [0.25, 0.3) is 0 Å². The standard InChI is InChI=1S/C24H25NO5S/c1-24(2)8-16(26)13-7-17(31-18(13)9-24)19-12(11-4-5-11)6-14-20(22(19)30-3)25-10-15(21(14)27)23(28)29/h6-7,10-11,16,26H,4-5,8-9H2,1-3H3,(H,25,27)(H,28,29). The van der Waals surface area contributed by atoms with E-state index in [0.29, 0.717) is 22.6 Å². The van der Waals surface area contributed by atoms with Gasteiger partial charge < -0.3 is 19.9 Å². The zero-order chi connectivity index (χ0) is 22.1. The fraction of sp³-hybridized carbons (Fsp3) is 0.417. The lowest BCUT2D eigenvalue weighted by Gasteiger charge is -2.32. The summed E-state index contributed by atoms with van der Waals surface area (Å²) >= 11 is 1.68. The molecule has 1 aromatic carbocycles. The number of pyridine rings is 1. The second kappa shape index (κ2) is 6.93. The summed E-state index contributed by atoms with van der Waals surface area (Å²) in [7, 11) is 1.57. The van der Waals surface area contributed by atoms with Crippen LogP contribution < -0.4 is 10.2 Å². The minimum absolute atomic E-state index is 0.0415. The molecule has 0 spiro atoms. The molecule has 5 rings (SSSR count). The Hall–Kier alpha value is -2.64. The third-order valence-electron chi connectivity index (χ3n) is 6.45. The molecule has 1 unspecified atom stereocenters. The van der Waals surface area contributed by atoms with Gasteiger partial charge in [-0.25, -0.2) is 4.79 Å². The highest BCUT2D eigenvalue weighted by molar-refractivity contribution is 7.15. The van der Waals surface area contributed by atoms with E-state index in [1.165, 1.54) is 11.1 Å². The van der Waals surface area contributed by atoms with Gasteiger partial charge in [-0.2, -0.15) is 0 Å². The van der Waals surface area contributed by atoms with Crippen molar-refractivity contribution in [2.75, 3.05) is 7.11 Å². The van der Waals surface area contributed by atoms with Crippen LogP contribution >= 0.6 is 11.3 Å². The molecular weight excluding hydrogens is 414 g/mol. The molecular formula is C24H25NO5S. The number of ether oxygens (including phenoxy) is 1. The maximum absolute atomic E-state index is 12.9. The highest BCUT2D eigenvalue weighted by atomic mass is 32.1. The number of carboxylic acid groups (broad SMARTS) is 1. The molecule has 7 heteroatoms. The van der Waals surface area contributed by atoms with E-state index in [9.17, 15) is 19.8 Å². The van der Waals surface area contributed by atoms with E-state index in [1.807, 2.05) is 6.07 Å². The number of hydrogen-bond donors (Lipinski definition) is 3. The predicted molar refractivity (Wildman–Crippen MR) is 120 cm³/mol. The van der Waals surface area contributed by atoms with E-state index >= 15 is 0 Å². The zero-order valence-corrected chi connectivity index (χ0v) is 18.6. The second-order valence-electron chi connectivity index (χ2n) is 9.46. The number of fused-ring (bicyclic) bond motifs is 2. The fourth-order valence-corrected chi connectivity index (χ4v) is 6.36. The Balaban J connectivity index is 1.78. The van der Waals surface area contributed by atoms with E-state index in [1.54, 1.807) is 18.4 Å². The molecule has 0 amide bonds. The smallest absolute Gasteiger partial charge is 0.341 e. The second-order valence-corrected chi connectivity index (χ2v) is 10.6. The van der Waals surface area contributed by atoms with E-state index in [-0.39, 0.29) is 11.0 Å². The van der Waals surface area contributed by atoms with Gasteiger partial charge in [-0.1, -0.05) is 13.8 Å². The monoisotopic (exact) mass is 439 g/mol. The number of carbonyl (C=O) groups is 1. The molecule has 1 fully saturated rings. The highest BCUT2D eigenvalue weighted by Crippen LogP contribution is 2.53. The molecule has 0 bridgehead atoms. The van der Waals surface area contributed by atoms with Crippen molar-refractivity contribution in [2.24, 2.45) is 5.41 Å². The van der Waals surface area contributed by atoms with Crippen LogP contribution in [0, 0.1) is 5.41 Å². The molecule has 2 aromatic heterocycles. The highest BCUT2D eigenvalue weighted by Gasteiger charge is 2.35. The lowest BCUT2D eigenvalue weighted by molar-refractivity contribution is 0.0695. The molecule has 3 aromatic rings. The number of H-pyrrole nitrogens is 1. The first-order valence-electron chi connectivity index (χ1n) is 10.5. The number of hydrogen-bond acceptors (Lipinski definition) is 5. The Morgan fingerprint density at radius 1 is 1.26 bits per heavy atom. The van der Waals surface area contributed by atoms with Crippen LogP contribution in [0.1, 0.15) is 71.5 Å². The maximum atomic E-state index is 12.9. The fourth-order valence-electron chi connectivity index (χ4n) is 4.82. The van der Waals surface area contributed by atoms with E-state index in [0.717, 1.165) is 47.3 Å². The van der Waals surface area contributed by atoms with Crippen molar-refractivity contribution in [3.05, 3.63) is 50.1 Å². The third kappa shape index (κ3) is 3.27. The topological polar surface area (TPSA) is 99.6 Å². The number of thiophene rings is 1. The van der Waals surface area contributed by atoms with Crippen LogP contribution in [0.4, 0.5) is 0 Å². The van der Waals surface area contributed by atoms with Gasteiger partial charge in [-0.05, 0) is 60.3 Å². The molecule has 1 atom stereocenters. The van der Waals surface area contributed by atoms with Crippen LogP contribution in [-0.4, -0.2) is 28.3 Å². The quantitative estimate of drug-likeness (QED) is 0.540. The molecule has 2 heterocycles. The number of methoxy groups -OCH3 is 1. The van der Waals surface area contributed by atoms with Gasteiger partial charge >= 0.3 is 5.97 Å². The number of carboxylic acids is 1. The Labute approximate surface area is 183 Å². The van der Waals surface area contributed by atoms with E-state index in [4.69, 9.17) is 4.74 Å². The summed E-state index contributed by atoms with van der Waals surface area (Å²) in [6.45, 7) is 4.35. The van der Waals surface area contributed by atoms with Gasteiger partial charge in [0.15, 0.2) is 5.75 Å². The van der Waals surface area contributed by atoms with Crippen LogP contribution in [0.25, 0.3) is 21.3 Å². The van der Waals surface area contributed by atoms with Gasteiger partial charge in [-0.3, -0.25) is 4.79 Å². The maximum Gasteiger partial charge on any atom is 0.341 e. The van der Waals surface area contributed by atoms with Gasteiger partial charge in [0.1, 0.15) is 5.56 Å². The molecule has 0 aliphatic heterocycles. The van der Waals surface area contributed by atoms with Crippen molar-refractivity contribution in [3.63, 3.8) is 0 Å². The Bertz CT molecular complexity index is 1280. The van der Waals surface area contributed by atoms with E-state index < -0.39 is 17.5 Å². The molecule has 2 aliphatic carbocycles. The minimum atomic E-state index is -1.25. The molecule has 162 valence electrons. The predicted octanol–water partition coefficient (Wildman–Crippen LogP) is 4.85. The van der Waals surface area contributed by atoms with Crippen LogP contribution in [0.5, 0.6) is 5.75 Å². The number of nitrogens with one attached hydrogen (secondary N) is 1. The summed E-state index contributed by atoms with van der Waals surface area (Å²) in [5.41, 5.74) is 2.71. The summed E-state index contributed by atoms with van der Waals surface area (Å²) in [6.07, 6.45) is 4.45. The first-order chi connectivity index (χ1) is 14.7. The molecule has 0 saturated heterocycles. The van der Waals surface area contributed by atoms with E-state index in [2.05, 4.69) is 24.9 Å². The lowest BCUT2D eigenvalue weighted by atomic mass is 9.76. The largest absolute Gasteiger partial charge is 0.494 e. The van der Waals surface area contributed by atoms with Crippen LogP contribution in [0.15, 0.2) is 23.1 Å². The third-order valence-corrected chi connectivity index (χ3v) is 7.61. The lowest BCUT2D eigenvalue weighted by Crippen LogP contribution is -2.23. The van der Waals surface area contributed by atoms with Crippen LogP contribution in [0.3, 0.4) is 0 Å². The van der Waals surface area contributed by atoms with Gasteiger partial charge in [-0.15, -0.1) is 11.3 Å². The summed E-state index contributed by atoms with van der Waals surface area (Å²) in [4.78, 5) is 29.5. The Kier molecular flexibility index (Phi) is 4.53. The Morgan fingerprint density at radius 2 is 2.00 bits per heavy atom. The summed E-state index contributed by atoms with van der Waals surface area (Å²) in [6, 6.07) is 3.91. The first kappa shape index (κ1) is 20.3. The van der Waals surface area contributed by atoms with Gasteiger partial charge in [0.05, 0.1) is 24.1 Å². The number of rotatable bonds is 4. The molecule has 6 nitrogen and oxygen atoms in total. The molecule has 31 heavy (non-hydrogen) atoms. The van der Waals surface area contributed by atoms with Crippen molar-refractivity contribution in [3.8, 4) is 16.2 Å². The SMILES string of the molecule is COc1c(-c2cc3c(s2)CC(C)(C)CC3O)c(C2CC2)cc2c(=O)c(C(=O)O)c[nH]c12. The zero-order valence-electron chi connectivity index (χ0n) is 17.7. The van der Waals surface area contributed by atoms with Gasteiger partial charge in [0.2, 0.25) is 5.43 Å². The number of aromatic amines is 1. The van der Waals surface area contributed by atoms with Crippen molar-refractivity contribution >= 4 is 28.2 Å². The average molecular weight is 440 g/mol. The first-order valence-corrected chi connectivity index (χ1v) is 11.3. The van der Waals surface area contributed by atoms with Gasteiger partial charge in [0, 0.05) is 21.5 Å². The Morgan fingerprint density at radius 3 is 2.65 bits per heavy atom. The van der Waals surface area contributed by atoms with Crippen molar-refractivity contribution < 1.29 is 19.7 Å². The molecule has 0 radical (unpaired) electrons. The summed E-state index contributed by atoms with van der Waals surface area (Å²) in [5.74, 6) is -0.371. The van der Waals surface area contributed by atoms with Crippen LogP contribution in [-0.2, 0) is 6.42 Å². The molecule has 3 N–H and O–H groups in total. The number of aliphatic hydroxyl groups excluding tert-OH is 1. The number of benzene rings is 1. The summed E-state index contributed by atoms with van der Waals surface area (Å²) < 4.78 is 5.81. The van der Waals surface area contributed by atoms with Crippen molar-refractivity contribution in [1.82, 2.24) is 4.98 Å². The summed E-state index contributed by atoms with van der Waals surface area (Å²) in [5, 5.41) is 20.4. The number of aromatic carboxylic acids is 1. The normalized spacial score (nSPS) is 19.9. The average Bonchev–Trinajstić information content (AvgIpc) is 3.45. The number of aliphatic hydroxyl groups is 1. The number of aromatic nitrogens is 1. The molecule has 1 saturated carbocycles. The van der Waals surface area contributed by atoms with Crippen molar-refractivity contribution in [1.29, 1.82) is 0 Å².